The highest BCUT2D eigenvalue weighted by Gasteiger charge is 2.19. The van der Waals surface area contributed by atoms with Crippen molar-refractivity contribution in [3.63, 3.8) is 0 Å². The third-order valence-electron chi connectivity index (χ3n) is 3.05. The molecule has 2 rings (SSSR count). The first kappa shape index (κ1) is 18.3. The van der Waals surface area contributed by atoms with Gasteiger partial charge in [-0.15, -0.1) is 0 Å². The van der Waals surface area contributed by atoms with Crippen molar-refractivity contribution in [1.82, 2.24) is 9.78 Å². The first-order valence-electron chi connectivity index (χ1n) is 7.20. The van der Waals surface area contributed by atoms with E-state index >= 15 is 0 Å². The van der Waals surface area contributed by atoms with Crippen LogP contribution in [-0.2, 0) is 16.2 Å². The Labute approximate surface area is 148 Å². The summed E-state index contributed by atoms with van der Waals surface area (Å²) in [4.78, 5) is 27.5. The number of aryl methyl sites for hydroxylation is 1. The molecular weight excluding hydrogens is 350 g/mol. The van der Waals surface area contributed by atoms with Crippen molar-refractivity contribution in [3.05, 3.63) is 46.7 Å². The Morgan fingerprint density at radius 2 is 1.96 bits per heavy atom. The Morgan fingerprint density at radius 3 is 2.56 bits per heavy atom. The molecule has 0 aliphatic carbocycles. The van der Waals surface area contributed by atoms with E-state index in [-0.39, 0.29) is 23.2 Å². The zero-order valence-corrected chi connectivity index (χ0v) is 14.1. The second kappa shape index (κ2) is 8.15. The van der Waals surface area contributed by atoms with Gasteiger partial charge in [0.05, 0.1) is 11.2 Å². The van der Waals surface area contributed by atoms with Crippen LogP contribution < -0.4 is 16.2 Å². The fourth-order valence-corrected chi connectivity index (χ4v) is 2.09. The molecule has 0 unspecified atom stereocenters. The number of hydrogen-bond donors (Lipinski definition) is 2. The number of ether oxygens (including phenoxy) is 1. The van der Waals surface area contributed by atoms with Crippen LogP contribution in [0.2, 0.25) is 5.02 Å². The van der Waals surface area contributed by atoms with Gasteiger partial charge in [-0.3, -0.25) is 9.48 Å². The Hall–Kier alpha value is -3.07. The fraction of sp³-hybridized carbons (Fsp3) is 0.200. The minimum Gasteiger partial charge on any atom is -0.484 e. The molecule has 10 heteroatoms. The summed E-state index contributed by atoms with van der Waals surface area (Å²) in [7, 11) is 0. The van der Waals surface area contributed by atoms with Crippen molar-refractivity contribution in [3.8, 4) is 5.75 Å². The molecule has 0 spiro atoms. The molecule has 25 heavy (non-hydrogen) atoms. The van der Waals surface area contributed by atoms with Crippen molar-refractivity contribution in [2.45, 2.75) is 13.5 Å². The minimum atomic E-state index is -0.770. The van der Waals surface area contributed by atoms with Gasteiger partial charge in [-0.2, -0.15) is 5.10 Å². The average molecular weight is 366 g/mol. The molecule has 0 aliphatic heterocycles. The van der Waals surface area contributed by atoms with E-state index in [0.717, 1.165) is 0 Å². The quantitative estimate of drug-likeness (QED) is 0.324. The Morgan fingerprint density at radius 1 is 1.28 bits per heavy atom. The van der Waals surface area contributed by atoms with E-state index < -0.39 is 11.9 Å². The molecule has 0 bridgehead atoms. The summed E-state index contributed by atoms with van der Waals surface area (Å²) >= 11 is 5.91. The second-order valence-corrected chi connectivity index (χ2v) is 5.20. The van der Waals surface area contributed by atoms with Gasteiger partial charge in [-0.05, 0) is 31.2 Å². The zero-order chi connectivity index (χ0) is 18.4. The SMILES string of the molecule is CCn1ncc(Cl)c1C(=O)O/N=C(/N)c1ccc(OCC(N)=O)cc1. The number of aromatic nitrogens is 2. The maximum Gasteiger partial charge on any atom is 0.385 e. The second-order valence-electron chi connectivity index (χ2n) is 4.79. The number of rotatable bonds is 7. The number of hydrogen-bond acceptors (Lipinski definition) is 6. The lowest BCUT2D eigenvalue weighted by Gasteiger charge is -2.05. The lowest BCUT2D eigenvalue weighted by atomic mass is 10.2. The number of nitrogens with two attached hydrogens (primary N) is 2. The van der Waals surface area contributed by atoms with E-state index in [1.165, 1.54) is 10.9 Å². The number of carbonyl (C=O) groups is 2. The van der Waals surface area contributed by atoms with Gasteiger partial charge < -0.3 is 21.0 Å². The fourth-order valence-electron chi connectivity index (χ4n) is 1.87. The summed E-state index contributed by atoms with van der Waals surface area (Å²) in [6, 6.07) is 6.33. The Kier molecular flexibility index (Phi) is 5.96. The van der Waals surface area contributed by atoms with Gasteiger partial charge in [0.2, 0.25) is 0 Å². The predicted molar refractivity (Wildman–Crippen MR) is 90.2 cm³/mol. The van der Waals surface area contributed by atoms with Gasteiger partial charge >= 0.3 is 5.97 Å². The molecular formula is C15H16ClN5O4. The monoisotopic (exact) mass is 365 g/mol. The highest BCUT2D eigenvalue weighted by atomic mass is 35.5. The number of amidine groups is 1. The molecule has 4 N–H and O–H groups in total. The van der Waals surface area contributed by atoms with Crippen LogP contribution in [0.15, 0.2) is 35.6 Å². The molecule has 1 amide bonds. The standard InChI is InChI=1S/C15H16ClN5O4/c1-2-21-13(11(16)7-19-21)15(23)25-20-14(18)9-3-5-10(6-4-9)24-8-12(17)22/h3-7H,2,8H2,1H3,(H2,17,22)(H2,18,20). The summed E-state index contributed by atoms with van der Waals surface area (Å²) < 4.78 is 6.51. The van der Waals surface area contributed by atoms with Crippen LogP contribution in [-0.4, -0.2) is 34.1 Å². The molecule has 0 aliphatic rings. The molecule has 1 aromatic carbocycles. The first-order valence-corrected chi connectivity index (χ1v) is 7.57. The zero-order valence-electron chi connectivity index (χ0n) is 13.3. The van der Waals surface area contributed by atoms with Crippen molar-refractivity contribution < 1.29 is 19.2 Å². The average Bonchev–Trinajstić information content (AvgIpc) is 2.98. The van der Waals surface area contributed by atoms with Gasteiger partial charge in [-0.1, -0.05) is 16.8 Å². The summed E-state index contributed by atoms with van der Waals surface area (Å²) in [5, 5.41) is 7.70. The van der Waals surface area contributed by atoms with E-state index in [2.05, 4.69) is 10.3 Å². The lowest BCUT2D eigenvalue weighted by Crippen LogP contribution is -2.20. The molecule has 9 nitrogen and oxygen atoms in total. The molecule has 0 atom stereocenters. The van der Waals surface area contributed by atoms with Gasteiger partial charge in [0.25, 0.3) is 5.91 Å². The summed E-state index contributed by atoms with van der Waals surface area (Å²) in [5.41, 5.74) is 11.4. The summed E-state index contributed by atoms with van der Waals surface area (Å²) in [5.74, 6) is -0.935. The van der Waals surface area contributed by atoms with Gasteiger partial charge in [-0.25, -0.2) is 4.79 Å². The third-order valence-corrected chi connectivity index (χ3v) is 3.32. The molecule has 0 fully saturated rings. The summed E-state index contributed by atoms with van der Waals surface area (Å²) in [6.07, 6.45) is 1.35. The molecule has 0 radical (unpaired) electrons. The molecule has 0 saturated heterocycles. The van der Waals surface area contributed by atoms with Gasteiger partial charge in [0, 0.05) is 12.1 Å². The van der Waals surface area contributed by atoms with E-state index in [0.29, 0.717) is 17.9 Å². The predicted octanol–water partition coefficient (Wildman–Crippen LogP) is 0.898. The van der Waals surface area contributed by atoms with Crippen molar-refractivity contribution >= 4 is 29.3 Å². The summed E-state index contributed by atoms with van der Waals surface area (Å²) in [6.45, 7) is 2.02. The number of amides is 1. The highest BCUT2D eigenvalue weighted by Crippen LogP contribution is 2.16. The molecule has 2 aromatic rings. The number of oxime groups is 1. The van der Waals surface area contributed by atoms with E-state index in [4.69, 9.17) is 32.6 Å². The normalized spacial score (nSPS) is 11.2. The number of nitrogens with zero attached hydrogens (tertiary/aromatic N) is 3. The molecule has 1 heterocycles. The van der Waals surface area contributed by atoms with E-state index in [9.17, 15) is 9.59 Å². The number of carbonyl (C=O) groups excluding carboxylic acids is 2. The number of halogens is 1. The highest BCUT2D eigenvalue weighted by molar-refractivity contribution is 6.33. The minimum absolute atomic E-state index is 0.0199. The van der Waals surface area contributed by atoms with Gasteiger partial charge in [0.1, 0.15) is 5.75 Å². The van der Waals surface area contributed by atoms with Crippen LogP contribution >= 0.6 is 11.6 Å². The van der Waals surface area contributed by atoms with Crippen LogP contribution in [0.3, 0.4) is 0 Å². The maximum atomic E-state index is 12.1. The molecule has 132 valence electrons. The smallest absolute Gasteiger partial charge is 0.385 e. The molecule has 0 saturated carbocycles. The van der Waals surface area contributed by atoms with Gasteiger partial charge in [0.15, 0.2) is 18.1 Å². The van der Waals surface area contributed by atoms with Crippen LogP contribution in [0, 0.1) is 0 Å². The third kappa shape index (κ3) is 4.70. The van der Waals surface area contributed by atoms with Crippen LogP contribution in [0.5, 0.6) is 5.75 Å². The Balaban J connectivity index is 2.04. The van der Waals surface area contributed by atoms with Crippen molar-refractivity contribution in [1.29, 1.82) is 0 Å². The van der Waals surface area contributed by atoms with Crippen molar-refractivity contribution in [2.24, 2.45) is 16.6 Å². The number of primary amides is 1. The lowest BCUT2D eigenvalue weighted by molar-refractivity contribution is -0.119. The first-order chi connectivity index (χ1) is 11.9. The van der Waals surface area contributed by atoms with E-state index in [1.807, 2.05) is 0 Å². The largest absolute Gasteiger partial charge is 0.484 e. The maximum absolute atomic E-state index is 12.1. The van der Waals surface area contributed by atoms with E-state index in [1.54, 1.807) is 31.2 Å². The molecule has 1 aromatic heterocycles. The van der Waals surface area contributed by atoms with Crippen LogP contribution in [0.1, 0.15) is 23.0 Å². The Bertz CT molecular complexity index is 801. The number of benzene rings is 1. The van der Waals surface area contributed by atoms with Crippen molar-refractivity contribution in [2.75, 3.05) is 6.61 Å². The topological polar surface area (TPSA) is 135 Å². The van der Waals surface area contributed by atoms with Crippen LogP contribution in [0.4, 0.5) is 0 Å². The van der Waals surface area contributed by atoms with Crippen LogP contribution in [0.25, 0.3) is 0 Å².